The first-order valence-electron chi connectivity index (χ1n) is 8.70. The lowest BCUT2D eigenvalue weighted by Gasteiger charge is -2.12. The number of aromatic nitrogens is 2. The second-order valence-electron chi connectivity index (χ2n) is 5.91. The highest BCUT2D eigenvalue weighted by molar-refractivity contribution is 6.50. The lowest BCUT2D eigenvalue weighted by atomic mass is 10.1. The molecule has 0 saturated carbocycles. The van der Waals surface area contributed by atoms with Gasteiger partial charge in [-0.3, -0.25) is 0 Å². The molecule has 7 heteroatoms. The maximum absolute atomic E-state index is 6.38. The Morgan fingerprint density at radius 1 is 1.00 bits per heavy atom. The van der Waals surface area contributed by atoms with E-state index in [9.17, 15) is 0 Å². The van der Waals surface area contributed by atoms with Crippen LogP contribution in [0.2, 0.25) is 0 Å². The van der Waals surface area contributed by atoms with E-state index < -0.39 is 0 Å². The van der Waals surface area contributed by atoms with Crippen molar-refractivity contribution in [3.05, 3.63) is 53.4 Å². The molecule has 0 amide bonds. The molecule has 0 aliphatic rings. The summed E-state index contributed by atoms with van der Waals surface area (Å²) < 4.78 is 21.8. The summed E-state index contributed by atoms with van der Waals surface area (Å²) in [5.41, 5.74) is 2.84. The van der Waals surface area contributed by atoms with Crippen LogP contribution in [0.4, 0.5) is 0 Å². The van der Waals surface area contributed by atoms with E-state index in [1.807, 2.05) is 12.1 Å². The van der Waals surface area contributed by atoms with Gasteiger partial charge >= 0.3 is 0 Å². The van der Waals surface area contributed by atoms with Gasteiger partial charge in [0, 0.05) is 5.56 Å². The molecule has 146 valence electrons. The molecule has 0 aliphatic carbocycles. The number of hydrogen-bond acceptors (Lipinski definition) is 6. The number of rotatable bonds is 7. The van der Waals surface area contributed by atoms with Crippen LogP contribution in [0.5, 0.6) is 17.2 Å². The van der Waals surface area contributed by atoms with Crippen molar-refractivity contribution in [3.8, 4) is 28.7 Å². The van der Waals surface area contributed by atoms with Crippen molar-refractivity contribution in [2.75, 3.05) is 21.3 Å². The van der Waals surface area contributed by atoms with Crippen LogP contribution >= 0.6 is 11.6 Å². The van der Waals surface area contributed by atoms with Gasteiger partial charge in [-0.25, -0.2) is 0 Å². The molecule has 0 fully saturated rings. The first-order chi connectivity index (χ1) is 13.6. The maximum atomic E-state index is 6.38. The van der Waals surface area contributed by atoms with E-state index in [4.69, 9.17) is 30.2 Å². The summed E-state index contributed by atoms with van der Waals surface area (Å²) in [6.07, 6.45) is 2.77. The Kier molecular flexibility index (Phi) is 6.21. The van der Waals surface area contributed by atoms with Crippen molar-refractivity contribution in [1.29, 1.82) is 0 Å². The summed E-state index contributed by atoms with van der Waals surface area (Å²) in [6.45, 7) is 2.11. The van der Waals surface area contributed by atoms with Crippen molar-refractivity contribution < 1.29 is 18.6 Å². The van der Waals surface area contributed by atoms with Gasteiger partial charge in [0.05, 0.1) is 21.3 Å². The van der Waals surface area contributed by atoms with Crippen LogP contribution in [0.1, 0.15) is 23.9 Å². The maximum Gasteiger partial charge on any atom is 0.259 e. The van der Waals surface area contributed by atoms with Crippen LogP contribution in [0.25, 0.3) is 22.6 Å². The number of halogens is 1. The Hall–Kier alpha value is -2.99. The van der Waals surface area contributed by atoms with Crippen molar-refractivity contribution in [2.45, 2.75) is 13.3 Å². The fourth-order valence-electron chi connectivity index (χ4n) is 2.70. The van der Waals surface area contributed by atoms with Gasteiger partial charge in [-0.1, -0.05) is 42.8 Å². The molecule has 0 unspecified atom stereocenters. The van der Waals surface area contributed by atoms with Crippen LogP contribution in [0, 0.1) is 0 Å². The summed E-state index contributed by atoms with van der Waals surface area (Å²) in [4.78, 5) is 0. The molecular weight excluding hydrogens is 380 g/mol. The van der Waals surface area contributed by atoms with Crippen LogP contribution in [-0.2, 0) is 6.42 Å². The molecular formula is C21H21ClN2O4. The predicted molar refractivity (Wildman–Crippen MR) is 109 cm³/mol. The molecule has 0 bridgehead atoms. The third-order valence-corrected chi connectivity index (χ3v) is 4.49. The monoisotopic (exact) mass is 400 g/mol. The number of ether oxygens (including phenoxy) is 3. The average Bonchev–Trinajstić information content (AvgIpc) is 3.23. The highest BCUT2D eigenvalue weighted by Crippen LogP contribution is 2.41. The van der Waals surface area contributed by atoms with E-state index in [2.05, 4.69) is 29.3 Å². The second-order valence-corrected chi connectivity index (χ2v) is 6.32. The molecule has 3 rings (SSSR count). The van der Waals surface area contributed by atoms with Crippen LogP contribution in [0.15, 0.2) is 40.8 Å². The number of methoxy groups -OCH3 is 3. The molecule has 1 aromatic heterocycles. The highest BCUT2D eigenvalue weighted by atomic mass is 35.5. The van der Waals surface area contributed by atoms with E-state index >= 15 is 0 Å². The Morgan fingerprint density at radius 3 is 2.18 bits per heavy atom. The highest BCUT2D eigenvalue weighted by Gasteiger charge is 2.18. The Balaban J connectivity index is 1.92. The number of benzene rings is 2. The third-order valence-electron chi connectivity index (χ3n) is 4.22. The molecule has 0 spiro atoms. The van der Waals surface area contributed by atoms with Crippen molar-refractivity contribution in [1.82, 2.24) is 10.2 Å². The molecule has 0 aliphatic heterocycles. The largest absolute Gasteiger partial charge is 0.493 e. The fourth-order valence-corrected chi connectivity index (χ4v) is 2.90. The third kappa shape index (κ3) is 4.12. The van der Waals surface area contributed by atoms with Gasteiger partial charge in [-0.2, -0.15) is 0 Å². The van der Waals surface area contributed by atoms with Crippen LogP contribution in [0.3, 0.4) is 0 Å². The summed E-state index contributed by atoms with van der Waals surface area (Å²) in [5.74, 6) is 2.00. The Bertz CT molecular complexity index is 955. The molecule has 2 aromatic carbocycles. The minimum atomic E-state index is 0.227. The molecule has 6 nitrogen and oxygen atoms in total. The van der Waals surface area contributed by atoms with Gasteiger partial charge in [0.15, 0.2) is 11.5 Å². The topological polar surface area (TPSA) is 66.6 Å². The molecule has 0 saturated heterocycles. The van der Waals surface area contributed by atoms with E-state index in [-0.39, 0.29) is 5.89 Å². The van der Waals surface area contributed by atoms with Gasteiger partial charge in [0.25, 0.3) is 5.89 Å². The molecule has 0 radical (unpaired) electrons. The van der Waals surface area contributed by atoms with Crippen molar-refractivity contribution >= 4 is 22.7 Å². The normalized spacial score (nSPS) is 11.4. The fraction of sp³-hybridized carbons (Fsp3) is 0.238. The summed E-state index contributed by atoms with van der Waals surface area (Å²) in [6, 6.07) is 11.6. The quantitative estimate of drug-likeness (QED) is 0.552. The zero-order chi connectivity index (χ0) is 20.1. The minimum absolute atomic E-state index is 0.227. The standard InChI is InChI=1S/C21H21ClN2O4/c1-5-13-6-8-14(9-7-13)10-16(22)21-24-23-20(28-21)15-11-17(25-2)19(27-4)18(12-15)26-3/h6-12H,5H2,1-4H3/b16-10-. The van der Waals surface area contributed by atoms with E-state index in [1.165, 1.54) is 5.56 Å². The average molecular weight is 401 g/mol. The molecule has 1 heterocycles. The summed E-state index contributed by atoms with van der Waals surface area (Å²) >= 11 is 6.38. The Morgan fingerprint density at radius 2 is 1.64 bits per heavy atom. The number of aryl methyl sites for hydroxylation is 1. The van der Waals surface area contributed by atoms with Gasteiger partial charge < -0.3 is 18.6 Å². The summed E-state index contributed by atoms with van der Waals surface area (Å²) in [5, 5.41) is 8.49. The molecule has 0 N–H and O–H groups in total. The van der Waals surface area contributed by atoms with E-state index in [0.717, 1.165) is 12.0 Å². The Labute approximate surface area is 168 Å². The SMILES string of the molecule is CCc1ccc(/C=C(\Cl)c2nnc(-c3cc(OC)c(OC)c(OC)c3)o2)cc1. The smallest absolute Gasteiger partial charge is 0.259 e. The minimum Gasteiger partial charge on any atom is -0.493 e. The van der Waals surface area contributed by atoms with Crippen molar-refractivity contribution in [3.63, 3.8) is 0 Å². The number of nitrogens with zero attached hydrogens (tertiary/aromatic N) is 2. The van der Waals surface area contributed by atoms with Gasteiger partial charge in [-0.05, 0) is 35.8 Å². The van der Waals surface area contributed by atoms with Crippen molar-refractivity contribution in [2.24, 2.45) is 0 Å². The zero-order valence-electron chi connectivity index (χ0n) is 16.2. The van der Waals surface area contributed by atoms with Gasteiger partial charge in [0.2, 0.25) is 11.6 Å². The second kappa shape index (κ2) is 8.80. The first-order valence-corrected chi connectivity index (χ1v) is 9.07. The van der Waals surface area contributed by atoms with E-state index in [1.54, 1.807) is 39.5 Å². The summed E-state index contributed by atoms with van der Waals surface area (Å²) in [7, 11) is 4.63. The zero-order valence-corrected chi connectivity index (χ0v) is 16.9. The van der Waals surface area contributed by atoms with Crippen LogP contribution in [-0.4, -0.2) is 31.5 Å². The first kappa shape index (κ1) is 19.8. The molecule has 28 heavy (non-hydrogen) atoms. The van der Waals surface area contributed by atoms with E-state index in [0.29, 0.717) is 33.7 Å². The van der Waals surface area contributed by atoms with Gasteiger partial charge in [-0.15, -0.1) is 10.2 Å². The predicted octanol–water partition coefficient (Wildman–Crippen LogP) is 5.06. The van der Waals surface area contributed by atoms with Crippen LogP contribution < -0.4 is 14.2 Å². The number of hydrogen-bond donors (Lipinski definition) is 0. The lowest BCUT2D eigenvalue weighted by Crippen LogP contribution is -1.95. The van der Waals surface area contributed by atoms with Gasteiger partial charge in [0.1, 0.15) is 5.03 Å². The lowest BCUT2D eigenvalue weighted by molar-refractivity contribution is 0.324. The molecule has 0 atom stereocenters. The molecule has 3 aromatic rings.